The number of hydrogen-bond acceptors (Lipinski definition) is 2. The first-order chi connectivity index (χ1) is 7.11. The van der Waals surface area contributed by atoms with Crippen molar-refractivity contribution in [3.63, 3.8) is 0 Å². The Kier molecular flexibility index (Phi) is 2.89. The van der Waals surface area contributed by atoms with E-state index in [1.807, 2.05) is 13.8 Å². The van der Waals surface area contributed by atoms with Crippen LogP contribution in [0.1, 0.15) is 29.0 Å². The van der Waals surface area contributed by atoms with Crippen molar-refractivity contribution in [2.45, 2.75) is 26.2 Å². The summed E-state index contributed by atoms with van der Waals surface area (Å²) in [6.45, 7) is 5.87. The average molecular weight is 226 g/mol. The summed E-state index contributed by atoms with van der Waals surface area (Å²) >= 11 is 6.20. The first kappa shape index (κ1) is 10.8. The van der Waals surface area contributed by atoms with Gasteiger partial charge in [-0.05, 0) is 44.0 Å². The van der Waals surface area contributed by atoms with Gasteiger partial charge >= 0.3 is 0 Å². The molecule has 1 saturated heterocycles. The molecule has 2 rings (SSSR count). The van der Waals surface area contributed by atoms with E-state index < -0.39 is 0 Å². The fourth-order valence-electron chi connectivity index (χ4n) is 2.37. The van der Waals surface area contributed by atoms with E-state index in [0.717, 1.165) is 41.2 Å². The van der Waals surface area contributed by atoms with Crippen LogP contribution in [0.25, 0.3) is 0 Å². The second kappa shape index (κ2) is 4.03. The Hall–Kier alpha value is -0.730. The molecule has 1 aliphatic heterocycles. The highest BCUT2D eigenvalue weighted by Gasteiger charge is 2.23. The van der Waals surface area contributed by atoms with Gasteiger partial charge in [-0.1, -0.05) is 11.6 Å². The van der Waals surface area contributed by atoms with Crippen molar-refractivity contribution in [2.75, 3.05) is 13.1 Å². The normalized spacial score (nSPS) is 20.9. The lowest BCUT2D eigenvalue weighted by atomic mass is 9.92. The summed E-state index contributed by atoms with van der Waals surface area (Å²) in [5, 5.41) is 14.1. The number of nitrogens with one attached hydrogen (secondary N) is 1. The molecule has 0 aromatic heterocycles. The Bertz CT molecular complexity index is 384. The van der Waals surface area contributed by atoms with Gasteiger partial charge in [0.05, 0.1) is 0 Å². The highest BCUT2D eigenvalue weighted by Crippen LogP contribution is 2.37. The zero-order valence-electron chi connectivity index (χ0n) is 9.10. The molecule has 1 fully saturated rings. The molecule has 1 aromatic rings. The second-order valence-electron chi connectivity index (χ2n) is 4.25. The molecule has 0 aliphatic carbocycles. The molecule has 0 bridgehead atoms. The molecule has 15 heavy (non-hydrogen) atoms. The molecule has 2 nitrogen and oxygen atoms in total. The Balaban J connectivity index is 2.50. The van der Waals surface area contributed by atoms with Crippen molar-refractivity contribution in [1.82, 2.24) is 5.32 Å². The van der Waals surface area contributed by atoms with E-state index in [1.54, 1.807) is 6.07 Å². The molecule has 1 unspecified atom stereocenters. The van der Waals surface area contributed by atoms with Crippen molar-refractivity contribution in [2.24, 2.45) is 0 Å². The molecule has 1 heterocycles. The molecule has 1 aromatic carbocycles. The van der Waals surface area contributed by atoms with E-state index in [9.17, 15) is 5.11 Å². The summed E-state index contributed by atoms with van der Waals surface area (Å²) in [4.78, 5) is 0. The lowest BCUT2D eigenvalue weighted by molar-refractivity contribution is 0.461. The molecule has 1 atom stereocenters. The van der Waals surface area contributed by atoms with E-state index in [2.05, 4.69) is 5.32 Å². The smallest absolute Gasteiger partial charge is 0.119 e. The van der Waals surface area contributed by atoms with Crippen LogP contribution in [0.2, 0.25) is 5.02 Å². The molecule has 0 saturated carbocycles. The van der Waals surface area contributed by atoms with Crippen LogP contribution in [-0.2, 0) is 0 Å². The average Bonchev–Trinajstić information content (AvgIpc) is 2.68. The molecule has 0 amide bonds. The van der Waals surface area contributed by atoms with Crippen LogP contribution < -0.4 is 5.32 Å². The molecule has 82 valence electrons. The summed E-state index contributed by atoms with van der Waals surface area (Å²) < 4.78 is 0. The van der Waals surface area contributed by atoms with Gasteiger partial charge < -0.3 is 10.4 Å². The molecular weight excluding hydrogens is 210 g/mol. The molecule has 3 heteroatoms. The summed E-state index contributed by atoms with van der Waals surface area (Å²) in [6, 6.07) is 1.77. The zero-order chi connectivity index (χ0) is 11.0. The summed E-state index contributed by atoms with van der Waals surface area (Å²) in [5.74, 6) is 0.797. The van der Waals surface area contributed by atoms with Crippen LogP contribution in [0, 0.1) is 13.8 Å². The fourth-order valence-corrected chi connectivity index (χ4v) is 2.53. The maximum Gasteiger partial charge on any atom is 0.119 e. The molecule has 2 N–H and O–H groups in total. The minimum Gasteiger partial charge on any atom is -0.508 e. The number of hydrogen-bond donors (Lipinski definition) is 2. The topological polar surface area (TPSA) is 32.3 Å². The van der Waals surface area contributed by atoms with Crippen molar-refractivity contribution in [3.05, 3.63) is 27.8 Å². The van der Waals surface area contributed by atoms with E-state index in [1.165, 1.54) is 0 Å². The Morgan fingerprint density at radius 2 is 2.20 bits per heavy atom. The number of phenols is 1. The Morgan fingerprint density at radius 3 is 2.80 bits per heavy atom. The molecule has 0 spiro atoms. The standard InChI is InChI=1S/C12H16ClNO/c1-7-5-10(15)11(8(2)12(7)13)9-3-4-14-6-9/h5,9,14-15H,3-4,6H2,1-2H3. The number of aromatic hydroxyl groups is 1. The SMILES string of the molecule is Cc1cc(O)c(C2CCNC2)c(C)c1Cl. The van der Waals surface area contributed by atoms with Crippen molar-refractivity contribution >= 4 is 11.6 Å². The Morgan fingerprint density at radius 1 is 1.47 bits per heavy atom. The van der Waals surface area contributed by atoms with Gasteiger partial charge in [0, 0.05) is 23.0 Å². The van der Waals surface area contributed by atoms with Gasteiger partial charge in [0.25, 0.3) is 0 Å². The minimum absolute atomic E-state index is 0.392. The van der Waals surface area contributed by atoms with Crippen LogP contribution in [0.15, 0.2) is 6.07 Å². The number of benzene rings is 1. The lowest BCUT2D eigenvalue weighted by Crippen LogP contribution is -2.09. The summed E-state index contributed by atoms with van der Waals surface area (Å²) in [6.07, 6.45) is 1.08. The quantitative estimate of drug-likeness (QED) is 0.771. The maximum atomic E-state index is 9.97. The van der Waals surface area contributed by atoms with Crippen molar-refractivity contribution < 1.29 is 5.11 Å². The third-order valence-electron chi connectivity index (χ3n) is 3.18. The third kappa shape index (κ3) is 1.84. The first-order valence-electron chi connectivity index (χ1n) is 5.30. The minimum atomic E-state index is 0.392. The zero-order valence-corrected chi connectivity index (χ0v) is 9.86. The van der Waals surface area contributed by atoms with Crippen LogP contribution >= 0.6 is 11.6 Å². The first-order valence-corrected chi connectivity index (χ1v) is 5.68. The fraction of sp³-hybridized carbons (Fsp3) is 0.500. The number of halogens is 1. The van der Waals surface area contributed by atoms with Crippen LogP contribution in [0.3, 0.4) is 0 Å². The largest absolute Gasteiger partial charge is 0.508 e. The highest BCUT2D eigenvalue weighted by molar-refractivity contribution is 6.32. The predicted molar refractivity (Wildman–Crippen MR) is 62.8 cm³/mol. The monoisotopic (exact) mass is 225 g/mol. The van der Waals surface area contributed by atoms with Gasteiger partial charge in [-0.15, -0.1) is 0 Å². The number of phenolic OH excluding ortho intramolecular Hbond substituents is 1. The van der Waals surface area contributed by atoms with Crippen molar-refractivity contribution in [1.29, 1.82) is 0 Å². The molecule has 0 radical (unpaired) electrons. The van der Waals surface area contributed by atoms with E-state index in [-0.39, 0.29) is 0 Å². The summed E-state index contributed by atoms with van der Waals surface area (Å²) in [7, 11) is 0. The second-order valence-corrected chi connectivity index (χ2v) is 4.63. The van der Waals surface area contributed by atoms with E-state index in [4.69, 9.17) is 11.6 Å². The van der Waals surface area contributed by atoms with Crippen LogP contribution in [-0.4, -0.2) is 18.2 Å². The molecular formula is C12H16ClNO. The van der Waals surface area contributed by atoms with Gasteiger partial charge in [0.2, 0.25) is 0 Å². The van der Waals surface area contributed by atoms with E-state index in [0.29, 0.717) is 11.7 Å². The lowest BCUT2D eigenvalue weighted by Gasteiger charge is -2.17. The van der Waals surface area contributed by atoms with Crippen LogP contribution in [0.5, 0.6) is 5.75 Å². The molecule has 1 aliphatic rings. The maximum absolute atomic E-state index is 9.97. The van der Waals surface area contributed by atoms with Gasteiger partial charge in [0.1, 0.15) is 5.75 Å². The van der Waals surface area contributed by atoms with Gasteiger partial charge in [-0.2, -0.15) is 0 Å². The van der Waals surface area contributed by atoms with E-state index >= 15 is 0 Å². The van der Waals surface area contributed by atoms with Gasteiger partial charge in [-0.25, -0.2) is 0 Å². The third-order valence-corrected chi connectivity index (χ3v) is 3.76. The number of aryl methyl sites for hydroxylation is 1. The van der Waals surface area contributed by atoms with Crippen LogP contribution in [0.4, 0.5) is 0 Å². The predicted octanol–water partition coefficient (Wildman–Crippen LogP) is 2.74. The van der Waals surface area contributed by atoms with Crippen molar-refractivity contribution in [3.8, 4) is 5.75 Å². The van der Waals surface area contributed by atoms with Gasteiger partial charge in [0.15, 0.2) is 0 Å². The van der Waals surface area contributed by atoms with Gasteiger partial charge in [-0.3, -0.25) is 0 Å². The summed E-state index contributed by atoms with van der Waals surface area (Å²) in [5.41, 5.74) is 3.00. The highest BCUT2D eigenvalue weighted by atomic mass is 35.5. The Labute approximate surface area is 95.3 Å². The number of rotatable bonds is 1.